The molecule has 3 N–H and O–H groups in total. The van der Waals surface area contributed by atoms with E-state index in [1.165, 1.54) is 0 Å². The molecule has 0 spiro atoms. The second-order valence-electron chi connectivity index (χ2n) is 3.90. The molecule has 90 valence electrons. The zero-order chi connectivity index (χ0) is 12.4. The maximum Gasteiger partial charge on any atom is 0.110 e. The molecule has 0 unspecified atom stereocenters. The topological polar surface area (TPSA) is 68.9 Å². The lowest BCUT2D eigenvalue weighted by Gasteiger charge is -2.02. The van der Waals surface area contributed by atoms with Gasteiger partial charge in [0.25, 0.3) is 0 Å². The SMILES string of the molecule is CNc1ccccc1N=Cc1[nH]nc2cc[nH]c12. The van der Waals surface area contributed by atoms with Gasteiger partial charge in [0.2, 0.25) is 0 Å². The van der Waals surface area contributed by atoms with Crippen LogP contribution in [0.3, 0.4) is 0 Å². The summed E-state index contributed by atoms with van der Waals surface area (Å²) in [5.41, 5.74) is 4.66. The fourth-order valence-corrected chi connectivity index (χ4v) is 1.87. The number of hydrogen-bond acceptors (Lipinski definition) is 3. The molecule has 2 heterocycles. The third-order valence-electron chi connectivity index (χ3n) is 2.80. The molecule has 1 aromatic carbocycles. The zero-order valence-corrected chi connectivity index (χ0v) is 9.94. The van der Waals surface area contributed by atoms with Gasteiger partial charge in [-0.15, -0.1) is 0 Å². The molecule has 3 rings (SSSR count). The van der Waals surface area contributed by atoms with E-state index in [1.54, 1.807) is 6.21 Å². The van der Waals surface area contributed by atoms with Crippen LogP contribution < -0.4 is 5.32 Å². The first-order chi connectivity index (χ1) is 8.88. The number of nitrogens with one attached hydrogen (secondary N) is 3. The predicted molar refractivity (Wildman–Crippen MR) is 73.7 cm³/mol. The molecule has 5 heteroatoms. The van der Waals surface area contributed by atoms with Crippen molar-refractivity contribution < 1.29 is 0 Å². The lowest BCUT2D eigenvalue weighted by molar-refractivity contribution is 1.11. The van der Waals surface area contributed by atoms with Gasteiger partial charge in [-0.1, -0.05) is 12.1 Å². The average Bonchev–Trinajstić information content (AvgIpc) is 3.00. The first kappa shape index (κ1) is 10.6. The van der Waals surface area contributed by atoms with E-state index in [9.17, 15) is 0 Å². The predicted octanol–water partition coefficient (Wildman–Crippen LogP) is 2.68. The van der Waals surface area contributed by atoms with Crippen molar-refractivity contribution in [2.24, 2.45) is 4.99 Å². The van der Waals surface area contributed by atoms with Crippen LogP contribution in [0.2, 0.25) is 0 Å². The molecule has 18 heavy (non-hydrogen) atoms. The summed E-state index contributed by atoms with van der Waals surface area (Å²) in [7, 11) is 1.88. The summed E-state index contributed by atoms with van der Waals surface area (Å²) in [5.74, 6) is 0. The number of nitrogens with zero attached hydrogens (tertiary/aromatic N) is 2. The summed E-state index contributed by atoms with van der Waals surface area (Å²) in [6.45, 7) is 0. The fraction of sp³-hybridized carbons (Fsp3) is 0.0769. The number of benzene rings is 1. The molecule has 0 aliphatic heterocycles. The lowest BCUT2D eigenvalue weighted by Crippen LogP contribution is -1.88. The van der Waals surface area contributed by atoms with E-state index >= 15 is 0 Å². The van der Waals surface area contributed by atoms with Crippen LogP contribution in [-0.4, -0.2) is 28.4 Å². The first-order valence-corrected chi connectivity index (χ1v) is 5.71. The van der Waals surface area contributed by atoms with Gasteiger partial charge in [0.05, 0.1) is 23.1 Å². The molecule has 0 aliphatic carbocycles. The van der Waals surface area contributed by atoms with Gasteiger partial charge in [-0.3, -0.25) is 10.1 Å². The Balaban J connectivity index is 1.97. The van der Waals surface area contributed by atoms with Gasteiger partial charge in [-0.2, -0.15) is 5.10 Å². The van der Waals surface area contributed by atoms with Crippen molar-refractivity contribution in [2.75, 3.05) is 12.4 Å². The maximum atomic E-state index is 4.47. The fourth-order valence-electron chi connectivity index (χ4n) is 1.87. The van der Waals surface area contributed by atoms with Gasteiger partial charge in [-0.25, -0.2) is 0 Å². The Morgan fingerprint density at radius 3 is 3.06 bits per heavy atom. The van der Waals surface area contributed by atoms with Crippen molar-refractivity contribution in [3.63, 3.8) is 0 Å². The van der Waals surface area contributed by atoms with Gasteiger partial charge in [-0.05, 0) is 18.2 Å². The Morgan fingerprint density at radius 2 is 2.17 bits per heavy atom. The van der Waals surface area contributed by atoms with Crippen LogP contribution in [0.15, 0.2) is 41.5 Å². The summed E-state index contributed by atoms with van der Waals surface area (Å²) >= 11 is 0. The third-order valence-corrected chi connectivity index (χ3v) is 2.80. The molecule has 0 bridgehead atoms. The van der Waals surface area contributed by atoms with Crippen molar-refractivity contribution in [1.29, 1.82) is 0 Å². The molecule has 2 aromatic heterocycles. The van der Waals surface area contributed by atoms with Crippen LogP contribution in [0, 0.1) is 0 Å². The van der Waals surface area contributed by atoms with Crippen LogP contribution in [0.4, 0.5) is 11.4 Å². The summed E-state index contributed by atoms with van der Waals surface area (Å²) in [6.07, 6.45) is 3.65. The Morgan fingerprint density at radius 1 is 1.28 bits per heavy atom. The quantitative estimate of drug-likeness (QED) is 0.615. The van der Waals surface area contributed by atoms with Crippen LogP contribution >= 0.6 is 0 Å². The highest BCUT2D eigenvalue weighted by Gasteiger charge is 2.03. The minimum Gasteiger partial charge on any atom is -0.386 e. The summed E-state index contributed by atoms with van der Waals surface area (Å²) in [6, 6.07) is 9.81. The van der Waals surface area contributed by atoms with Gasteiger partial charge in [0.1, 0.15) is 11.2 Å². The number of hydrogen-bond donors (Lipinski definition) is 3. The minimum absolute atomic E-state index is 0.876. The van der Waals surface area contributed by atoms with E-state index in [0.29, 0.717) is 0 Å². The van der Waals surface area contributed by atoms with E-state index in [0.717, 1.165) is 28.1 Å². The largest absolute Gasteiger partial charge is 0.386 e. The summed E-state index contributed by atoms with van der Waals surface area (Å²) in [5, 5.41) is 10.2. The Hall–Kier alpha value is -2.56. The normalized spacial score (nSPS) is 11.4. The standard InChI is InChI=1S/C13H13N5/c1-14-9-4-2-3-5-10(9)16-8-12-13-11(17-18-12)6-7-15-13/h2-8,14-15H,1H3,(H,17,18). The van der Waals surface area contributed by atoms with Gasteiger partial charge in [0.15, 0.2) is 0 Å². The monoisotopic (exact) mass is 239 g/mol. The number of aliphatic imine (C=N–C) groups is 1. The van der Waals surface area contributed by atoms with E-state index in [-0.39, 0.29) is 0 Å². The van der Waals surface area contributed by atoms with Crippen molar-refractivity contribution in [2.45, 2.75) is 0 Å². The molecule has 0 fully saturated rings. The smallest absolute Gasteiger partial charge is 0.110 e. The molecular weight excluding hydrogens is 226 g/mol. The van der Waals surface area contributed by atoms with E-state index in [4.69, 9.17) is 0 Å². The molecule has 0 aliphatic rings. The first-order valence-electron chi connectivity index (χ1n) is 5.71. The van der Waals surface area contributed by atoms with Crippen molar-refractivity contribution in [3.05, 3.63) is 42.2 Å². The third kappa shape index (κ3) is 1.75. The Bertz CT molecular complexity index is 692. The lowest BCUT2D eigenvalue weighted by atomic mass is 10.2. The average molecular weight is 239 g/mol. The summed E-state index contributed by atoms with van der Waals surface area (Å²) in [4.78, 5) is 7.60. The van der Waals surface area contributed by atoms with Gasteiger partial charge in [0, 0.05) is 13.2 Å². The highest BCUT2D eigenvalue weighted by atomic mass is 15.1. The number of H-pyrrole nitrogens is 2. The van der Waals surface area contributed by atoms with Crippen LogP contribution in [-0.2, 0) is 0 Å². The second-order valence-corrected chi connectivity index (χ2v) is 3.90. The molecule has 5 nitrogen and oxygen atoms in total. The highest BCUT2D eigenvalue weighted by molar-refractivity contribution is 5.95. The zero-order valence-electron chi connectivity index (χ0n) is 9.94. The van der Waals surface area contributed by atoms with Crippen molar-refractivity contribution in [1.82, 2.24) is 15.2 Å². The number of aromatic nitrogens is 3. The molecule has 0 amide bonds. The maximum absolute atomic E-state index is 4.47. The number of fused-ring (bicyclic) bond motifs is 1. The number of para-hydroxylation sites is 2. The van der Waals surface area contributed by atoms with Crippen molar-refractivity contribution >= 4 is 28.6 Å². The molecule has 3 aromatic rings. The van der Waals surface area contributed by atoms with E-state index < -0.39 is 0 Å². The van der Waals surface area contributed by atoms with Crippen LogP contribution in [0.1, 0.15) is 5.69 Å². The number of aromatic amines is 2. The highest BCUT2D eigenvalue weighted by Crippen LogP contribution is 2.23. The Labute approximate surface area is 104 Å². The molecule has 0 radical (unpaired) electrons. The molecule has 0 saturated heterocycles. The second kappa shape index (κ2) is 4.37. The Kier molecular flexibility index (Phi) is 2.57. The van der Waals surface area contributed by atoms with Crippen molar-refractivity contribution in [3.8, 4) is 0 Å². The van der Waals surface area contributed by atoms with Gasteiger partial charge >= 0.3 is 0 Å². The van der Waals surface area contributed by atoms with Crippen LogP contribution in [0.5, 0.6) is 0 Å². The van der Waals surface area contributed by atoms with E-state index in [2.05, 4.69) is 25.5 Å². The molecule has 0 atom stereocenters. The molecular formula is C13H13N5. The number of rotatable bonds is 3. The van der Waals surface area contributed by atoms with E-state index in [1.807, 2.05) is 43.6 Å². The van der Waals surface area contributed by atoms with Crippen LogP contribution in [0.25, 0.3) is 11.0 Å². The molecule has 0 saturated carbocycles. The summed E-state index contributed by atoms with van der Waals surface area (Å²) < 4.78 is 0. The number of anilines is 1. The van der Waals surface area contributed by atoms with Gasteiger partial charge < -0.3 is 10.3 Å². The minimum atomic E-state index is 0.876.